The Morgan fingerprint density at radius 2 is 1.12 bits per heavy atom. The molecule has 0 bridgehead atoms. The van der Waals surface area contributed by atoms with Crippen molar-refractivity contribution in [3.8, 4) is 0 Å². The average Bonchev–Trinajstić information content (AvgIpc) is 2.63. The topological polar surface area (TPSA) is 17.1 Å². The number of carbonyl (C=O) groups excluding carboxylic acids is 1. The van der Waals surface area contributed by atoms with Crippen LogP contribution in [0.1, 0.15) is 31.1 Å². The Hall–Kier alpha value is -2.45. The summed E-state index contributed by atoms with van der Waals surface area (Å²) in [5.41, 5.74) is 0.803. The van der Waals surface area contributed by atoms with Gasteiger partial charge in [0.15, 0.2) is 8.07 Å². The summed E-state index contributed by atoms with van der Waals surface area (Å²) < 4.78 is 0. The second-order valence-corrected chi connectivity index (χ2v) is 12.1. The van der Waals surface area contributed by atoms with Gasteiger partial charge < -0.3 is 0 Å². The van der Waals surface area contributed by atoms with E-state index in [-0.39, 0.29) is 5.04 Å². The summed E-state index contributed by atoms with van der Waals surface area (Å²) >= 11 is 0. The van der Waals surface area contributed by atoms with Crippen molar-refractivity contribution in [1.82, 2.24) is 0 Å². The van der Waals surface area contributed by atoms with Gasteiger partial charge in [-0.25, -0.2) is 0 Å². The molecule has 0 N–H and O–H groups in total. The van der Waals surface area contributed by atoms with Crippen LogP contribution in [0, 0.1) is 0 Å². The van der Waals surface area contributed by atoms with Gasteiger partial charge in [-0.15, -0.1) is 0 Å². The van der Waals surface area contributed by atoms with E-state index in [4.69, 9.17) is 0 Å². The Morgan fingerprint density at radius 3 is 1.56 bits per heavy atom. The number of hydrogen-bond acceptors (Lipinski definition) is 1. The summed E-state index contributed by atoms with van der Waals surface area (Å²) in [5.74, 6) is 0. The third-order valence-corrected chi connectivity index (χ3v) is 10.9. The quantitative estimate of drug-likeness (QED) is 0.400. The van der Waals surface area contributed by atoms with Crippen LogP contribution in [0.2, 0.25) is 5.04 Å². The summed E-state index contributed by atoms with van der Waals surface area (Å²) in [6.07, 6.45) is 1.01. The van der Waals surface area contributed by atoms with Crippen LogP contribution in [0.15, 0.2) is 84.9 Å². The fourth-order valence-corrected chi connectivity index (χ4v) is 9.87. The zero-order valence-electron chi connectivity index (χ0n) is 15.1. The van der Waals surface area contributed by atoms with Gasteiger partial charge in [-0.05, 0) is 20.6 Å². The SMILES string of the molecule is CC(C)(C)[Si](c1ccccc1)(c1ccccc1)c1ccccc1C=O. The maximum absolute atomic E-state index is 11.9. The Morgan fingerprint density at radius 1 is 0.680 bits per heavy atom. The normalized spacial score (nSPS) is 12.0. The zero-order valence-corrected chi connectivity index (χ0v) is 16.1. The van der Waals surface area contributed by atoms with E-state index in [1.807, 2.05) is 12.1 Å². The van der Waals surface area contributed by atoms with Crippen molar-refractivity contribution in [3.05, 3.63) is 90.5 Å². The van der Waals surface area contributed by atoms with Crippen LogP contribution in [0.25, 0.3) is 0 Å². The van der Waals surface area contributed by atoms with Crippen LogP contribution in [0.3, 0.4) is 0 Å². The van der Waals surface area contributed by atoms with E-state index < -0.39 is 8.07 Å². The molecule has 0 aliphatic heterocycles. The van der Waals surface area contributed by atoms with Crippen molar-refractivity contribution in [1.29, 1.82) is 0 Å². The minimum atomic E-state index is -2.42. The maximum atomic E-state index is 11.9. The first-order chi connectivity index (χ1) is 12.0. The van der Waals surface area contributed by atoms with Crippen LogP contribution in [-0.2, 0) is 0 Å². The molecule has 0 aliphatic carbocycles. The molecule has 0 heterocycles. The highest BCUT2D eigenvalue weighted by Gasteiger charge is 2.49. The molecule has 0 atom stereocenters. The lowest BCUT2D eigenvalue weighted by atomic mass is 10.2. The van der Waals surface area contributed by atoms with Crippen LogP contribution >= 0.6 is 0 Å². The lowest BCUT2D eigenvalue weighted by Gasteiger charge is -2.45. The maximum Gasteiger partial charge on any atom is 0.154 e. The molecule has 3 rings (SSSR count). The van der Waals surface area contributed by atoms with E-state index in [9.17, 15) is 4.79 Å². The van der Waals surface area contributed by atoms with E-state index in [2.05, 4.69) is 93.6 Å². The van der Waals surface area contributed by atoms with E-state index in [0.717, 1.165) is 11.8 Å². The molecule has 0 saturated heterocycles. The zero-order chi connectivity index (χ0) is 17.9. The van der Waals surface area contributed by atoms with Crippen LogP contribution in [0.4, 0.5) is 0 Å². The van der Waals surface area contributed by atoms with Crippen LogP contribution < -0.4 is 15.6 Å². The van der Waals surface area contributed by atoms with E-state index in [0.29, 0.717) is 0 Å². The van der Waals surface area contributed by atoms with E-state index in [1.165, 1.54) is 15.6 Å². The van der Waals surface area contributed by atoms with Gasteiger partial charge >= 0.3 is 0 Å². The van der Waals surface area contributed by atoms with Gasteiger partial charge in [-0.2, -0.15) is 0 Å². The molecular formula is C23H24OSi. The fraction of sp³-hybridized carbons (Fsp3) is 0.174. The third kappa shape index (κ3) is 2.87. The number of benzene rings is 3. The van der Waals surface area contributed by atoms with Crippen molar-refractivity contribution in [3.63, 3.8) is 0 Å². The predicted molar refractivity (Wildman–Crippen MR) is 109 cm³/mol. The molecule has 126 valence electrons. The molecule has 0 aromatic heterocycles. The van der Waals surface area contributed by atoms with E-state index in [1.54, 1.807) is 0 Å². The molecular weight excluding hydrogens is 320 g/mol. The largest absolute Gasteiger partial charge is 0.298 e. The van der Waals surface area contributed by atoms with Crippen molar-refractivity contribution < 1.29 is 4.79 Å². The monoisotopic (exact) mass is 344 g/mol. The van der Waals surface area contributed by atoms with Crippen molar-refractivity contribution in [2.45, 2.75) is 25.8 Å². The molecule has 0 aliphatic rings. The first-order valence-corrected chi connectivity index (χ1v) is 10.7. The average molecular weight is 345 g/mol. The number of hydrogen-bond donors (Lipinski definition) is 0. The Labute approximate surface area is 151 Å². The van der Waals surface area contributed by atoms with Gasteiger partial charge in [0, 0.05) is 5.56 Å². The summed E-state index contributed by atoms with van der Waals surface area (Å²) in [7, 11) is -2.42. The molecule has 0 amide bonds. The van der Waals surface area contributed by atoms with Gasteiger partial charge in [0.05, 0.1) is 0 Å². The molecule has 0 spiro atoms. The molecule has 0 unspecified atom stereocenters. The minimum Gasteiger partial charge on any atom is -0.298 e. The summed E-state index contributed by atoms with van der Waals surface area (Å²) in [6, 6.07) is 29.6. The lowest BCUT2D eigenvalue weighted by molar-refractivity contribution is 0.112. The molecule has 2 heteroatoms. The van der Waals surface area contributed by atoms with Gasteiger partial charge in [0.2, 0.25) is 0 Å². The van der Waals surface area contributed by atoms with Crippen molar-refractivity contribution in [2.24, 2.45) is 0 Å². The van der Waals surface area contributed by atoms with Gasteiger partial charge in [-0.3, -0.25) is 4.79 Å². The summed E-state index contributed by atoms with van der Waals surface area (Å²) in [6.45, 7) is 6.92. The molecule has 3 aromatic rings. The first-order valence-electron chi connectivity index (χ1n) is 8.67. The smallest absolute Gasteiger partial charge is 0.154 e. The molecule has 3 aromatic carbocycles. The van der Waals surface area contributed by atoms with Gasteiger partial charge in [0.1, 0.15) is 6.29 Å². The molecule has 25 heavy (non-hydrogen) atoms. The molecule has 0 saturated carbocycles. The molecule has 0 fully saturated rings. The Kier molecular flexibility index (Phi) is 4.73. The van der Waals surface area contributed by atoms with Crippen LogP contribution in [-0.4, -0.2) is 14.4 Å². The number of aldehydes is 1. The highest BCUT2D eigenvalue weighted by Crippen LogP contribution is 2.36. The second-order valence-electron chi connectivity index (χ2n) is 7.44. The highest BCUT2D eigenvalue weighted by molar-refractivity contribution is 7.13. The summed E-state index contributed by atoms with van der Waals surface area (Å²) in [5, 5.41) is 3.86. The highest BCUT2D eigenvalue weighted by atomic mass is 28.3. The number of carbonyl (C=O) groups is 1. The Bertz CT molecular complexity index is 809. The standard InChI is InChI=1S/C23H24OSi/c1-23(2,3)25(20-13-6-4-7-14-20,21-15-8-5-9-16-21)22-17-11-10-12-19(22)18-24/h4-18H,1-3H3. The first kappa shape index (κ1) is 17.4. The van der Waals surface area contributed by atoms with Gasteiger partial charge in [0.25, 0.3) is 0 Å². The van der Waals surface area contributed by atoms with Crippen molar-refractivity contribution in [2.75, 3.05) is 0 Å². The minimum absolute atomic E-state index is 0.00514. The number of rotatable bonds is 4. The molecule has 0 radical (unpaired) electrons. The Balaban J connectivity index is 2.48. The van der Waals surface area contributed by atoms with Crippen molar-refractivity contribution >= 4 is 29.9 Å². The van der Waals surface area contributed by atoms with Gasteiger partial charge in [-0.1, -0.05) is 106 Å². The third-order valence-electron chi connectivity index (χ3n) is 5.03. The summed E-state index contributed by atoms with van der Waals surface area (Å²) in [4.78, 5) is 11.9. The predicted octanol–water partition coefficient (Wildman–Crippen LogP) is 3.77. The fourth-order valence-electron chi connectivity index (χ4n) is 4.07. The second kappa shape index (κ2) is 6.81. The molecule has 1 nitrogen and oxygen atoms in total. The van der Waals surface area contributed by atoms with E-state index >= 15 is 0 Å². The lowest BCUT2D eigenvalue weighted by Crippen LogP contribution is -2.72. The van der Waals surface area contributed by atoms with Crippen LogP contribution in [0.5, 0.6) is 0 Å².